The number of nitrogens with zero attached hydrogens (tertiary/aromatic N) is 4. The third kappa shape index (κ3) is 3.56. The third-order valence-electron chi connectivity index (χ3n) is 4.54. The van der Waals surface area contributed by atoms with Gasteiger partial charge >= 0.3 is 0 Å². The van der Waals surface area contributed by atoms with E-state index in [4.69, 9.17) is 0 Å². The molecule has 0 aromatic carbocycles. The van der Waals surface area contributed by atoms with E-state index in [9.17, 15) is 5.11 Å². The van der Waals surface area contributed by atoms with E-state index in [1.54, 1.807) is 6.20 Å². The predicted molar refractivity (Wildman–Crippen MR) is 97.1 cm³/mol. The summed E-state index contributed by atoms with van der Waals surface area (Å²) in [5, 5.41) is 21.0. The monoisotopic (exact) mass is 338 g/mol. The smallest absolute Gasteiger partial charge is 0.247 e. The highest BCUT2D eigenvalue weighted by atomic mass is 16.3. The van der Waals surface area contributed by atoms with Gasteiger partial charge in [-0.3, -0.25) is 4.98 Å². The van der Waals surface area contributed by atoms with Gasteiger partial charge in [0.15, 0.2) is 5.65 Å². The average molecular weight is 338 g/mol. The van der Waals surface area contributed by atoms with Gasteiger partial charge in [-0.05, 0) is 56.4 Å². The minimum Gasteiger partial charge on any atom is -0.393 e. The molecule has 0 atom stereocenters. The Bertz CT molecular complexity index is 869. The van der Waals surface area contributed by atoms with E-state index < -0.39 is 0 Å². The molecule has 1 fully saturated rings. The van der Waals surface area contributed by atoms with Crippen LogP contribution in [0.3, 0.4) is 0 Å². The standard InChI is InChI=1S/C18H22N6O/c1-12-9-14(11-19-10-12)21-18-22-17-4-2-3-16(24(17)23-18)20-13-5-7-15(25)8-6-13/h2-4,9-11,13,15,20,25H,5-8H2,1H3,(H,21,23)/t13-,15+. The van der Waals surface area contributed by atoms with Crippen molar-refractivity contribution in [1.82, 2.24) is 19.6 Å². The summed E-state index contributed by atoms with van der Waals surface area (Å²) in [6.07, 6.45) is 7.03. The fraction of sp³-hybridized carbons (Fsp3) is 0.389. The fourth-order valence-electron chi connectivity index (χ4n) is 3.25. The molecule has 1 aliphatic carbocycles. The molecule has 25 heavy (non-hydrogen) atoms. The van der Waals surface area contributed by atoms with Crippen LogP contribution < -0.4 is 10.6 Å². The molecular formula is C18H22N6O. The minimum absolute atomic E-state index is 0.154. The molecule has 0 spiro atoms. The summed E-state index contributed by atoms with van der Waals surface area (Å²) >= 11 is 0. The highest BCUT2D eigenvalue weighted by Crippen LogP contribution is 2.23. The Morgan fingerprint density at radius 2 is 2.00 bits per heavy atom. The molecule has 7 nitrogen and oxygen atoms in total. The number of aliphatic hydroxyl groups is 1. The SMILES string of the molecule is Cc1cncc(Nc2nc3cccc(N[C@H]4CC[C@@H](O)CC4)n3n2)c1. The van der Waals surface area contributed by atoms with Gasteiger partial charge in [-0.25, -0.2) is 0 Å². The molecule has 1 aliphatic rings. The van der Waals surface area contributed by atoms with E-state index in [0.717, 1.165) is 48.4 Å². The molecule has 0 unspecified atom stereocenters. The number of aliphatic hydroxyl groups excluding tert-OH is 1. The van der Waals surface area contributed by atoms with Crippen molar-refractivity contribution in [3.05, 3.63) is 42.2 Å². The zero-order valence-corrected chi connectivity index (χ0v) is 14.2. The van der Waals surface area contributed by atoms with E-state index in [1.165, 1.54) is 0 Å². The maximum Gasteiger partial charge on any atom is 0.247 e. The Balaban J connectivity index is 1.56. The van der Waals surface area contributed by atoms with Gasteiger partial charge < -0.3 is 15.7 Å². The number of aromatic nitrogens is 4. The Morgan fingerprint density at radius 3 is 2.80 bits per heavy atom. The first-order valence-electron chi connectivity index (χ1n) is 8.66. The normalized spacial score (nSPS) is 20.6. The van der Waals surface area contributed by atoms with Gasteiger partial charge in [0.1, 0.15) is 5.82 Å². The van der Waals surface area contributed by atoms with Crippen molar-refractivity contribution in [2.24, 2.45) is 0 Å². The first kappa shape index (κ1) is 15.8. The Labute approximate surface area is 146 Å². The number of fused-ring (bicyclic) bond motifs is 1. The van der Waals surface area contributed by atoms with Gasteiger partial charge in [-0.2, -0.15) is 9.50 Å². The molecule has 0 amide bonds. The lowest BCUT2D eigenvalue weighted by Gasteiger charge is -2.26. The van der Waals surface area contributed by atoms with Crippen LogP contribution in [-0.4, -0.2) is 36.8 Å². The number of pyridine rings is 2. The molecule has 3 heterocycles. The van der Waals surface area contributed by atoms with E-state index in [2.05, 4.69) is 25.7 Å². The number of hydrogen-bond acceptors (Lipinski definition) is 6. The Morgan fingerprint density at radius 1 is 1.16 bits per heavy atom. The second kappa shape index (κ2) is 6.68. The Kier molecular flexibility index (Phi) is 4.23. The van der Waals surface area contributed by atoms with Gasteiger partial charge in [0, 0.05) is 12.2 Å². The molecule has 7 heteroatoms. The van der Waals surface area contributed by atoms with E-state index in [-0.39, 0.29) is 6.10 Å². The van der Waals surface area contributed by atoms with Crippen LogP contribution in [-0.2, 0) is 0 Å². The van der Waals surface area contributed by atoms with Crippen LogP contribution in [0.4, 0.5) is 17.5 Å². The third-order valence-corrected chi connectivity index (χ3v) is 4.54. The molecule has 1 saturated carbocycles. The van der Waals surface area contributed by atoms with Crippen LogP contribution >= 0.6 is 0 Å². The Hall–Kier alpha value is -2.67. The summed E-state index contributed by atoms with van der Waals surface area (Å²) in [4.78, 5) is 8.71. The number of hydrogen-bond donors (Lipinski definition) is 3. The molecule has 3 aromatic heterocycles. The zero-order chi connectivity index (χ0) is 17.2. The number of aryl methyl sites for hydroxylation is 1. The highest BCUT2D eigenvalue weighted by Gasteiger charge is 2.20. The summed E-state index contributed by atoms with van der Waals surface area (Å²) in [7, 11) is 0. The molecule has 0 saturated heterocycles. The van der Waals surface area contributed by atoms with Crippen molar-refractivity contribution in [3.63, 3.8) is 0 Å². The lowest BCUT2D eigenvalue weighted by molar-refractivity contribution is 0.126. The molecule has 0 aliphatic heterocycles. The van der Waals surface area contributed by atoms with Gasteiger partial charge in [0.25, 0.3) is 0 Å². The van der Waals surface area contributed by atoms with Crippen molar-refractivity contribution in [2.45, 2.75) is 44.8 Å². The molecule has 4 rings (SSSR count). The summed E-state index contributed by atoms with van der Waals surface area (Å²) in [5.41, 5.74) is 2.73. The highest BCUT2D eigenvalue weighted by molar-refractivity contribution is 5.57. The molecular weight excluding hydrogens is 316 g/mol. The maximum atomic E-state index is 9.66. The number of anilines is 3. The first-order valence-corrected chi connectivity index (χ1v) is 8.66. The first-order chi connectivity index (χ1) is 12.2. The van der Waals surface area contributed by atoms with Crippen LogP contribution in [0.25, 0.3) is 5.65 Å². The van der Waals surface area contributed by atoms with Crippen LogP contribution in [0, 0.1) is 6.92 Å². The molecule has 130 valence electrons. The summed E-state index contributed by atoms with van der Waals surface area (Å²) in [6, 6.07) is 8.27. The fourth-order valence-corrected chi connectivity index (χ4v) is 3.25. The topological polar surface area (TPSA) is 87.4 Å². The maximum absolute atomic E-state index is 9.66. The molecule has 0 bridgehead atoms. The van der Waals surface area contributed by atoms with Crippen LogP contribution in [0.2, 0.25) is 0 Å². The lowest BCUT2D eigenvalue weighted by atomic mass is 9.93. The van der Waals surface area contributed by atoms with E-state index in [0.29, 0.717) is 12.0 Å². The van der Waals surface area contributed by atoms with Crippen molar-refractivity contribution < 1.29 is 5.11 Å². The predicted octanol–water partition coefficient (Wildman–Crippen LogP) is 2.89. The number of rotatable bonds is 4. The van der Waals surface area contributed by atoms with Gasteiger partial charge in [0.2, 0.25) is 5.95 Å². The van der Waals surface area contributed by atoms with Crippen molar-refractivity contribution in [3.8, 4) is 0 Å². The van der Waals surface area contributed by atoms with Gasteiger partial charge in [-0.1, -0.05) is 6.07 Å². The zero-order valence-electron chi connectivity index (χ0n) is 14.2. The molecule has 0 radical (unpaired) electrons. The van der Waals surface area contributed by atoms with Gasteiger partial charge in [0.05, 0.1) is 18.0 Å². The lowest BCUT2D eigenvalue weighted by Crippen LogP contribution is -2.29. The van der Waals surface area contributed by atoms with Crippen LogP contribution in [0.1, 0.15) is 31.2 Å². The average Bonchev–Trinajstić information content (AvgIpc) is 3.00. The van der Waals surface area contributed by atoms with Crippen LogP contribution in [0.15, 0.2) is 36.7 Å². The second-order valence-electron chi connectivity index (χ2n) is 6.64. The number of nitrogens with one attached hydrogen (secondary N) is 2. The van der Waals surface area contributed by atoms with Gasteiger partial charge in [-0.15, -0.1) is 5.10 Å². The van der Waals surface area contributed by atoms with Crippen molar-refractivity contribution in [2.75, 3.05) is 10.6 Å². The molecule has 3 aromatic rings. The van der Waals surface area contributed by atoms with E-state index >= 15 is 0 Å². The largest absolute Gasteiger partial charge is 0.393 e. The summed E-state index contributed by atoms with van der Waals surface area (Å²) in [6.45, 7) is 2.00. The summed E-state index contributed by atoms with van der Waals surface area (Å²) < 4.78 is 1.82. The van der Waals surface area contributed by atoms with E-state index in [1.807, 2.05) is 41.9 Å². The molecule has 3 N–H and O–H groups in total. The second-order valence-corrected chi connectivity index (χ2v) is 6.64. The quantitative estimate of drug-likeness (QED) is 0.678. The van der Waals surface area contributed by atoms with Crippen LogP contribution in [0.5, 0.6) is 0 Å². The van der Waals surface area contributed by atoms with Crippen molar-refractivity contribution >= 4 is 23.1 Å². The minimum atomic E-state index is -0.154. The van der Waals surface area contributed by atoms with Crippen molar-refractivity contribution in [1.29, 1.82) is 0 Å². The summed E-state index contributed by atoms with van der Waals surface area (Å²) in [5.74, 6) is 1.46.